The number of rotatable bonds is 1. The molecule has 0 spiro atoms. The molecule has 5 N–H and O–H groups in total. The Balaban J connectivity index is 2.37. The second-order valence-electron chi connectivity index (χ2n) is 3.39. The standard InChI is InChI=1S/C9H14N4/c10-7-2-4-13-9(11)8(7)6-1-3-12-5-6/h2,4,6,12H,1,3,5H2,(H4,10,11,13)/t6-/m1/s1. The van der Waals surface area contributed by atoms with Crippen molar-refractivity contribution in [2.45, 2.75) is 12.3 Å². The van der Waals surface area contributed by atoms with Crippen molar-refractivity contribution in [3.05, 3.63) is 17.8 Å². The van der Waals surface area contributed by atoms with E-state index in [-0.39, 0.29) is 0 Å². The van der Waals surface area contributed by atoms with Crippen LogP contribution < -0.4 is 16.8 Å². The lowest BCUT2D eigenvalue weighted by molar-refractivity contribution is 0.764. The molecule has 1 aliphatic heterocycles. The van der Waals surface area contributed by atoms with Crippen LogP contribution >= 0.6 is 0 Å². The van der Waals surface area contributed by atoms with Gasteiger partial charge in [-0.25, -0.2) is 4.98 Å². The van der Waals surface area contributed by atoms with E-state index in [0.29, 0.717) is 11.7 Å². The van der Waals surface area contributed by atoms with Crippen LogP contribution in [0.1, 0.15) is 17.9 Å². The van der Waals surface area contributed by atoms with Gasteiger partial charge in [-0.05, 0) is 19.0 Å². The van der Waals surface area contributed by atoms with Crippen molar-refractivity contribution >= 4 is 11.5 Å². The van der Waals surface area contributed by atoms with Crippen LogP contribution in [0.2, 0.25) is 0 Å². The second-order valence-corrected chi connectivity index (χ2v) is 3.39. The molecule has 0 radical (unpaired) electrons. The molecular weight excluding hydrogens is 164 g/mol. The smallest absolute Gasteiger partial charge is 0.128 e. The topological polar surface area (TPSA) is 77.0 Å². The summed E-state index contributed by atoms with van der Waals surface area (Å²) in [7, 11) is 0. The largest absolute Gasteiger partial charge is 0.398 e. The first-order valence-corrected chi connectivity index (χ1v) is 4.49. The van der Waals surface area contributed by atoms with Crippen molar-refractivity contribution in [3.63, 3.8) is 0 Å². The van der Waals surface area contributed by atoms with E-state index < -0.39 is 0 Å². The Hall–Kier alpha value is -1.29. The summed E-state index contributed by atoms with van der Waals surface area (Å²) in [4.78, 5) is 4.05. The van der Waals surface area contributed by atoms with E-state index in [9.17, 15) is 0 Å². The van der Waals surface area contributed by atoms with Gasteiger partial charge in [0, 0.05) is 29.9 Å². The highest BCUT2D eigenvalue weighted by molar-refractivity contribution is 5.59. The SMILES string of the molecule is Nc1ccnc(N)c1[C@@H]1CCNC1. The lowest BCUT2D eigenvalue weighted by atomic mass is 9.97. The van der Waals surface area contributed by atoms with Gasteiger partial charge in [-0.3, -0.25) is 0 Å². The highest BCUT2D eigenvalue weighted by Crippen LogP contribution is 2.30. The molecular formula is C9H14N4. The summed E-state index contributed by atoms with van der Waals surface area (Å²) in [6, 6.07) is 1.81. The van der Waals surface area contributed by atoms with Gasteiger partial charge in [-0.2, -0.15) is 0 Å². The first kappa shape index (κ1) is 8.31. The van der Waals surface area contributed by atoms with E-state index in [4.69, 9.17) is 11.5 Å². The predicted octanol–water partition coefficient (Wildman–Crippen LogP) is 0.323. The number of nitrogen functional groups attached to an aromatic ring is 2. The minimum Gasteiger partial charge on any atom is -0.398 e. The average Bonchev–Trinajstić information content (AvgIpc) is 2.57. The maximum Gasteiger partial charge on any atom is 0.128 e. The Morgan fingerprint density at radius 1 is 1.46 bits per heavy atom. The maximum atomic E-state index is 5.85. The Bertz CT molecular complexity index is 284. The Morgan fingerprint density at radius 3 is 2.92 bits per heavy atom. The van der Waals surface area contributed by atoms with Crippen LogP contribution in [0.25, 0.3) is 0 Å². The molecule has 70 valence electrons. The zero-order valence-electron chi connectivity index (χ0n) is 7.46. The molecule has 0 saturated carbocycles. The van der Waals surface area contributed by atoms with Crippen LogP contribution in [0.3, 0.4) is 0 Å². The number of pyridine rings is 1. The van der Waals surface area contributed by atoms with Gasteiger partial charge in [0.05, 0.1) is 0 Å². The third-order valence-electron chi connectivity index (χ3n) is 2.52. The van der Waals surface area contributed by atoms with Crippen LogP contribution in [0.4, 0.5) is 11.5 Å². The second kappa shape index (κ2) is 3.22. The summed E-state index contributed by atoms with van der Waals surface area (Å²) in [5.41, 5.74) is 13.4. The molecule has 1 aromatic heterocycles. The summed E-state index contributed by atoms with van der Waals surface area (Å²) in [5, 5.41) is 3.29. The molecule has 1 aliphatic rings. The molecule has 0 bridgehead atoms. The molecule has 1 atom stereocenters. The predicted molar refractivity (Wildman–Crippen MR) is 53.3 cm³/mol. The lowest BCUT2D eigenvalue weighted by Gasteiger charge is -2.13. The number of hydrogen-bond donors (Lipinski definition) is 3. The van der Waals surface area contributed by atoms with Gasteiger partial charge in [0.15, 0.2) is 0 Å². The highest BCUT2D eigenvalue weighted by atomic mass is 14.9. The van der Waals surface area contributed by atoms with Crippen molar-refractivity contribution in [1.29, 1.82) is 0 Å². The van der Waals surface area contributed by atoms with Crippen LogP contribution in [0.5, 0.6) is 0 Å². The van der Waals surface area contributed by atoms with Gasteiger partial charge in [0.25, 0.3) is 0 Å². The Kier molecular flexibility index (Phi) is 2.06. The minimum absolute atomic E-state index is 0.439. The van der Waals surface area contributed by atoms with Crippen LogP contribution in [0, 0.1) is 0 Å². The van der Waals surface area contributed by atoms with Crippen molar-refractivity contribution in [2.24, 2.45) is 0 Å². The molecule has 2 rings (SSSR count). The third-order valence-corrected chi connectivity index (χ3v) is 2.52. The van der Waals surface area contributed by atoms with Gasteiger partial charge in [-0.1, -0.05) is 0 Å². The molecule has 0 aliphatic carbocycles. The first-order valence-electron chi connectivity index (χ1n) is 4.49. The van der Waals surface area contributed by atoms with Crippen molar-refractivity contribution in [1.82, 2.24) is 10.3 Å². The van der Waals surface area contributed by atoms with Crippen LogP contribution in [-0.2, 0) is 0 Å². The fourth-order valence-electron chi connectivity index (χ4n) is 1.85. The van der Waals surface area contributed by atoms with E-state index in [1.165, 1.54) is 0 Å². The summed E-state index contributed by atoms with van der Waals surface area (Å²) >= 11 is 0. The monoisotopic (exact) mass is 178 g/mol. The Morgan fingerprint density at radius 2 is 2.31 bits per heavy atom. The van der Waals surface area contributed by atoms with Gasteiger partial charge in [-0.15, -0.1) is 0 Å². The normalized spacial score (nSPS) is 22.0. The minimum atomic E-state index is 0.439. The number of nitrogens with two attached hydrogens (primary N) is 2. The van der Waals surface area contributed by atoms with E-state index in [0.717, 1.165) is 30.8 Å². The maximum absolute atomic E-state index is 5.85. The fraction of sp³-hybridized carbons (Fsp3) is 0.444. The van der Waals surface area contributed by atoms with Crippen molar-refractivity contribution < 1.29 is 0 Å². The molecule has 1 fully saturated rings. The number of nitrogens with zero attached hydrogens (tertiary/aromatic N) is 1. The molecule has 0 amide bonds. The van der Waals surface area contributed by atoms with Crippen molar-refractivity contribution in [3.8, 4) is 0 Å². The summed E-state index contributed by atoms with van der Waals surface area (Å²) in [6.07, 6.45) is 2.75. The number of aromatic nitrogens is 1. The zero-order chi connectivity index (χ0) is 9.26. The Labute approximate surface area is 77.3 Å². The number of nitrogens with one attached hydrogen (secondary N) is 1. The molecule has 0 unspecified atom stereocenters. The quantitative estimate of drug-likeness (QED) is 0.579. The molecule has 4 nitrogen and oxygen atoms in total. The molecule has 1 saturated heterocycles. The van der Waals surface area contributed by atoms with Crippen molar-refractivity contribution in [2.75, 3.05) is 24.6 Å². The molecule has 2 heterocycles. The van der Waals surface area contributed by atoms with Gasteiger partial charge < -0.3 is 16.8 Å². The third kappa shape index (κ3) is 1.45. The summed E-state index contributed by atoms with van der Waals surface area (Å²) in [6.45, 7) is 2.00. The van der Waals surface area contributed by atoms with Crippen LogP contribution in [0.15, 0.2) is 12.3 Å². The highest BCUT2D eigenvalue weighted by Gasteiger charge is 2.21. The average molecular weight is 178 g/mol. The first-order chi connectivity index (χ1) is 6.29. The zero-order valence-corrected chi connectivity index (χ0v) is 7.46. The lowest BCUT2D eigenvalue weighted by Crippen LogP contribution is -2.11. The molecule has 1 aromatic rings. The molecule has 0 aromatic carbocycles. The number of hydrogen-bond acceptors (Lipinski definition) is 4. The van der Waals surface area contributed by atoms with Gasteiger partial charge in [0.1, 0.15) is 5.82 Å². The van der Waals surface area contributed by atoms with E-state index in [1.807, 2.05) is 6.07 Å². The van der Waals surface area contributed by atoms with E-state index in [2.05, 4.69) is 10.3 Å². The summed E-state index contributed by atoms with van der Waals surface area (Å²) in [5.74, 6) is 1.02. The number of anilines is 2. The van der Waals surface area contributed by atoms with E-state index in [1.54, 1.807) is 6.20 Å². The van der Waals surface area contributed by atoms with Gasteiger partial charge >= 0.3 is 0 Å². The fourth-order valence-corrected chi connectivity index (χ4v) is 1.85. The summed E-state index contributed by atoms with van der Waals surface area (Å²) < 4.78 is 0. The van der Waals surface area contributed by atoms with Crippen LogP contribution in [-0.4, -0.2) is 18.1 Å². The molecule has 4 heteroatoms. The molecule has 13 heavy (non-hydrogen) atoms. The van der Waals surface area contributed by atoms with Gasteiger partial charge in [0.2, 0.25) is 0 Å². The van der Waals surface area contributed by atoms with E-state index >= 15 is 0 Å².